The summed E-state index contributed by atoms with van der Waals surface area (Å²) in [6.45, 7) is 6.65. The molecule has 0 saturated carbocycles. The van der Waals surface area contributed by atoms with Crippen LogP contribution < -0.4 is 0 Å². The number of piperidine rings is 1. The fraction of sp³-hybridized carbons (Fsp3) is 0.536. The molecule has 1 amide bonds. The predicted molar refractivity (Wildman–Crippen MR) is 133 cm³/mol. The lowest BCUT2D eigenvalue weighted by Gasteiger charge is -2.45. The quantitative estimate of drug-likeness (QED) is 0.366. The molecule has 11 heteroatoms. The largest absolute Gasteiger partial charge is 0.416 e. The molecule has 2 aromatic rings. The Labute approximate surface area is 223 Å². The van der Waals surface area contributed by atoms with E-state index in [1.165, 1.54) is 37.9 Å². The first kappa shape index (κ1) is 30.9. The number of benzene rings is 2. The van der Waals surface area contributed by atoms with Gasteiger partial charge < -0.3 is 14.5 Å². The molecule has 2 atom stereocenters. The van der Waals surface area contributed by atoms with Gasteiger partial charge in [0.15, 0.2) is 0 Å². The van der Waals surface area contributed by atoms with Gasteiger partial charge in [-0.3, -0.25) is 4.79 Å². The number of alkyl halides is 6. The molecule has 39 heavy (non-hydrogen) atoms. The highest BCUT2D eigenvalue weighted by Crippen LogP contribution is 2.40. The minimum atomic E-state index is -5.03. The Morgan fingerprint density at radius 2 is 1.56 bits per heavy atom. The van der Waals surface area contributed by atoms with E-state index in [0.717, 1.165) is 5.56 Å². The van der Waals surface area contributed by atoms with Crippen molar-refractivity contribution in [3.8, 4) is 0 Å². The number of ether oxygens (including phenoxy) is 1. The number of aryl methyl sites for hydroxylation is 1. The van der Waals surface area contributed by atoms with Crippen molar-refractivity contribution in [3.05, 3.63) is 70.0 Å². The maximum absolute atomic E-state index is 13.9. The number of nitrogens with zero attached hydrogens (tertiary/aromatic N) is 2. The lowest BCUT2D eigenvalue weighted by molar-refractivity contribution is -0.144. The average Bonchev–Trinajstić information content (AvgIpc) is 2.85. The van der Waals surface area contributed by atoms with E-state index in [2.05, 4.69) is 4.90 Å². The molecule has 2 aromatic carbocycles. The van der Waals surface area contributed by atoms with Crippen LogP contribution in [0, 0.1) is 12.7 Å². The normalized spacial score (nSPS) is 19.3. The Morgan fingerprint density at radius 3 is 2.08 bits per heavy atom. The lowest BCUT2D eigenvalue weighted by Crippen LogP contribution is -2.54. The van der Waals surface area contributed by atoms with E-state index >= 15 is 0 Å². The number of hydrogen-bond acceptors (Lipinski definition) is 3. The Morgan fingerprint density at radius 1 is 1.00 bits per heavy atom. The predicted octanol–water partition coefficient (Wildman–Crippen LogP) is 6.41. The van der Waals surface area contributed by atoms with E-state index < -0.39 is 46.7 Å². The summed E-state index contributed by atoms with van der Waals surface area (Å²) >= 11 is 0. The van der Waals surface area contributed by atoms with Crippen LogP contribution in [0.4, 0.5) is 30.7 Å². The van der Waals surface area contributed by atoms with Crippen LogP contribution in [0.1, 0.15) is 54.0 Å². The maximum Gasteiger partial charge on any atom is 0.416 e. The molecular formula is C28H33F7N2O2. The second-order valence-electron chi connectivity index (χ2n) is 10.6. The highest BCUT2D eigenvalue weighted by atomic mass is 19.4. The molecule has 0 spiro atoms. The molecule has 0 bridgehead atoms. The van der Waals surface area contributed by atoms with E-state index in [4.69, 9.17) is 4.74 Å². The summed E-state index contributed by atoms with van der Waals surface area (Å²) < 4.78 is 100. The minimum Gasteiger partial charge on any atom is -0.383 e. The topological polar surface area (TPSA) is 32.8 Å². The van der Waals surface area contributed by atoms with Crippen molar-refractivity contribution in [1.29, 1.82) is 0 Å². The van der Waals surface area contributed by atoms with E-state index in [1.54, 1.807) is 20.1 Å². The van der Waals surface area contributed by atoms with Crippen molar-refractivity contribution < 1.29 is 40.3 Å². The fourth-order valence-electron chi connectivity index (χ4n) is 5.29. The van der Waals surface area contributed by atoms with Gasteiger partial charge >= 0.3 is 12.4 Å². The Balaban J connectivity index is 2.01. The number of carbonyl (C=O) groups excluding carboxylic acids is 1. The molecule has 1 aliphatic rings. The number of hydrogen-bond donors (Lipinski definition) is 0. The van der Waals surface area contributed by atoms with Crippen LogP contribution in [-0.4, -0.2) is 62.1 Å². The van der Waals surface area contributed by atoms with Crippen LogP contribution >= 0.6 is 0 Å². The monoisotopic (exact) mass is 562 g/mol. The maximum atomic E-state index is 13.9. The van der Waals surface area contributed by atoms with Gasteiger partial charge in [-0.1, -0.05) is 6.07 Å². The summed E-state index contributed by atoms with van der Waals surface area (Å²) in [4.78, 5) is 17.4. The molecule has 0 aliphatic carbocycles. The van der Waals surface area contributed by atoms with Crippen molar-refractivity contribution in [1.82, 2.24) is 9.80 Å². The number of likely N-dealkylation sites (tertiary alicyclic amines) is 1. The number of rotatable bonds is 7. The highest BCUT2D eigenvalue weighted by Gasteiger charge is 2.43. The third kappa shape index (κ3) is 6.92. The SMILES string of the molecule is COCCN1CC[C@H](N(C)C(=O)C(C)(C)c2cc(C(F)(F)F)cc(C(F)(F)F)c2)[C@@H](c2ccc(F)cc2C)C1. The Hall–Kier alpha value is -2.66. The summed E-state index contributed by atoms with van der Waals surface area (Å²) in [6, 6.07) is 5.23. The van der Waals surface area contributed by atoms with Crippen molar-refractivity contribution in [2.75, 3.05) is 40.4 Å². The molecule has 1 fully saturated rings. The third-order valence-electron chi connectivity index (χ3n) is 7.57. The number of carbonyl (C=O) groups is 1. The minimum absolute atomic E-state index is 0.0524. The Kier molecular flexibility index (Phi) is 9.06. The molecule has 1 aliphatic heterocycles. The third-order valence-corrected chi connectivity index (χ3v) is 7.57. The highest BCUT2D eigenvalue weighted by molar-refractivity contribution is 5.87. The Bertz CT molecular complexity index is 1150. The second-order valence-corrected chi connectivity index (χ2v) is 10.6. The molecule has 0 radical (unpaired) electrons. The van der Waals surface area contributed by atoms with Crippen LogP contribution in [0.25, 0.3) is 0 Å². The summed E-state index contributed by atoms with van der Waals surface area (Å²) in [5.74, 6) is -1.29. The van der Waals surface area contributed by atoms with Gasteiger partial charge in [0.05, 0.1) is 23.1 Å². The molecule has 0 aromatic heterocycles. The van der Waals surface area contributed by atoms with Gasteiger partial charge in [-0.2, -0.15) is 26.3 Å². The number of halogens is 7. The van der Waals surface area contributed by atoms with Gasteiger partial charge in [0, 0.05) is 45.8 Å². The zero-order chi connectivity index (χ0) is 29.3. The number of likely N-dealkylation sites (N-methyl/N-ethyl adjacent to an activating group) is 1. The first-order valence-electron chi connectivity index (χ1n) is 12.5. The number of amides is 1. The summed E-state index contributed by atoms with van der Waals surface area (Å²) in [5.41, 5.74) is -3.52. The zero-order valence-corrected chi connectivity index (χ0v) is 22.5. The molecular weight excluding hydrogens is 529 g/mol. The van der Waals surface area contributed by atoms with E-state index in [0.29, 0.717) is 50.4 Å². The van der Waals surface area contributed by atoms with Crippen LogP contribution in [0.2, 0.25) is 0 Å². The first-order valence-corrected chi connectivity index (χ1v) is 12.5. The van der Waals surface area contributed by atoms with Gasteiger partial charge in [-0.25, -0.2) is 4.39 Å². The van der Waals surface area contributed by atoms with Crippen molar-refractivity contribution in [2.45, 2.75) is 56.9 Å². The van der Waals surface area contributed by atoms with E-state index in [-0.39, 0.29) is 17.5 Å². The molecule has 1 saturated heterocycles. The molecule has 3 rings (SSSR count). The molecule has 4 nitrogen and oxygen atoms in total. The smallest absolute Gasteiger partial charge is 0.383 e. The van der Waals surface area contributed by atoms with Gasteiger partial charge in [0.25, 0.3) is 0 Å². The van der Waals surface area contributed by atoms with Gasteiger partial charge in [-0.05, 0) is 74.2 Å². The van der Waals surface area contributed by atoms with Crippen molar-refractivity contribution >= 4 is 5.91 Å². The molecule has 0 unspecified atom stereocenters. The van der Waals surface area contributed by atoms with Crippen LogP contribution in [0.15, 0.2) is 36.4 Å². The molecule has 1 heterocycles. The first-order chi connectivity index (χ1) is 18.0. The fourth-order valence-corrected chi connectivity index (χ4v) is 5.29. The van der Waals surface area contributed by atoms with Gasteiger partial charge in [-0.15, -0.1) is 0 Å². The molecule has 216 valence electrons. The standard InChI is InChI=1S/C28H33F7N2O2/c1-17-12-21(29)6-7-22(17)23-16-37(10-11-39-5)9-8-24(23)36(4)25(38)26(2,3)18-13-19(27(30,31)32)15-20(14-18)28(33,34)35/h6-7,12-15,23-24H,8-11,16H2,1-5H3/t23-,24+/m1/s1. The van der Waals surface area contributed by atoms with Crippen LogP contribution in [0.3, 0.4) is 0 Å². The second kappa shape index (κ2) is 11.4. The van der Waals surface area contributed by atoms with Crippen molar-refractivity contribution in [2.24, 2.45) is 0 Å². The molecule has 0 N–H and O–H groups in total. The lowest BCUT2D eigenvalue weighted by atomic mass is 9.78. The summed E-state index contributed by atoms with van der Waals surface area (Å²) in [5, 5.41) is 0. The average molecular weight is 563 g/mol. The van der Waals surface area contributed by atoms with Gasteiger partial charge in [0.2, 0.25) is 5.91 Å². The van der Waals surface area contributed by atoms with Crippen LogP contribution in [0.5, 0.6) is 0 Å². The van der Waals surface area contributed by atoms with E-state index in [9.17, 15) is 35.5 Å². The van der Waals surface area contributed by atoms with Crippen molar-refractivity contribution in [3.63, 3.8) is 0 Å². The summed E-state index contributed by atoms with van der Waals surface area (Å²) in [6.07, 6.45) is -9.55. The van der Waals surface area contributed by atoms with Crippen LogP contribution in [-0.2, 0) is 27.3 Å². The van der Waals surface area contributed by atoms with Gasteiger partial charge in [0.1, 0.15) is 5.82 Å². The zero-order valence-electron chi connectivity index (χ0n) is 22.5. The summed E-state index contributed by atoms with van der Waals surface area (Å²) in [7, 11) is 3.10. The number of methoxy groups -OCH3 is 1. The van der Waals surface area contributed by atoms with E-state index in [1.807, 2.05) is 0 Å².